The number of carbonyl (C=O) groups is 2. The van der Waals surface area contributed by atoms with Crippen LogP contribution in [0.2, 0.25) is 0 Å². The monoisotopic (exact) mass is 407 g/mol. The average molecular weight is 408 g/mol. The van der Waals surface area contributed by atoms with E-state index in [1.54, 1.807) is 50.6 Å². The summed E-state index contributed by atoms with van der Waals surface area (Å²) < 4.78 is 16.0. The van der Waals surface area contributed by atoms with Crippen LogP contribution in [0, 0.1) is 0 Å². The van der Waals surface area contributed by atoms with Crippen LogP contribution in [0.15, 0.2) is 46.9 Å². The molecular formula is C18H18BrNO5. The molecule has 0 fully saturated rings. The van der Waals surface area contributed by atoms with Crippen LogP contribution in [0.3, 0.4) is 0 Å². The number of nitrogens with one attached hydrogen (secondary N) is 1. The lowest BCUT2D eigenvalue weighted by molar-refractivity contribution is -0.124. The Kier molecular flexibility index (Phi) is 6.82. The fourth-order valence-corrected chi connectivity index (χ4v) is 2.52. The number of halogens is 1. The van der Waals surface area contributed by atoms with E-state index >= 15 is 0 Å². The lowest BCUT2D eigenvalue weighted by Crippen LogP contribution is -2.28. The second-order valence-electron chi connectivity index (χ2n) is 5.02. The van der Waals surface area contributed by atoms with Crippen molar-refractivity contribution in [2.24, 2.45) is 0 Å². The lowest BCUT2D eigenvalue weighted by atomic mass is 10.2. The largest absolute Gasteiger partial charge is 0.493 e. The summed E-state index contributed by atoms with van der Waals surface area (Å²) in [6, 6.07) is 12.2. The molecule has 0 aromatic heterocycles. The molecule has 132 valence electrons. The first kappa shape index (κ1) is 18.8. The van der Waals surface area contributed by atoms with E-state index in [1.165, 1.54) is 0 Å². The van der Waals surface area contributed by atoms with Crippen molar-refractivity contribution >= 4 is 27.8 Å². The summed E-state index contributed by atoms with van der Waals surface area (Å²) >= 11 is 3.27. The number of rotatable bonds is 7. The van der Waals surface area contributed by atoms with E-state index in [9.17, 15) is 9.59 Å². The predicted octanol–water partition coefficient (Wildman–Crippen LogP) is 2.94. The van der Waals surface area contributed by atoms with Gasteiger partial charge in [0.05, 0.1) is 19.8 Å². The van der Waals surface area contributed by atoms with Crippen molar-refractivity contribution in [3.63, 3.8) is 0 Å². The summed E-state index contributed by atoms with van der Waals surface area (Å²) in [7, 11) is 3.10. The van der Waals surface area contributed by atoms with Crippen molar-refractivity contribution in [2.75, 3.05) is 20.8 Å². The van der Waals surface area contributed by atoms with Crippen molar-refractivity contribution < 1.29 is 23.8 Å². The van der Waals surface area contributed by atoms with E-state index < -0.39 is 11.9 Å². The van der Waals surface area contributed by atoms with Gasteiger partial charge in [-0.15, -0.1) is 0 Å². The molecule has 0 aliphatic heterocycles. The number of amides is 1. The molecule has 0 unspecified atom stereocenters. The summed E-state index contributed by atoms with van der Waals surface area (Å²) in [6.07, 6.45) is 0. The molecule has 0 heterocycles. The van der Waals surface area contributed by atoms with Crippen molar-refractivity contribution in [3.05, 3.63) is 58.1 Å². The number of benzene rings is 2. The normalized spacial score (nSPS) is 10.0. The van der Waals surface area contributed by atoms with Gasteiger partial charge in [-0.05, 0) is 45.8 Å². The van der Waals surface area contributed by atoms with Gasteiger partial charge in [0, 0.05) is 11.0 Å². The zero-order valence-corrected chi connectivity index (χ0v) is 15.5. The second-order valence-corrected chi connectivity index (χ2v) is 5.88. The fraction of sp³-hybridized carbons (Fsp3) is 0.222. The van der Waals surface area contributed by atoms with E-state index in [0.717, 1.165) is 5.56 Å². The van der Waals surface area contributed by atoms with E-state index in [4.69, 9.17) is 14.2 Å². The maximum atomic E-state index is 11.9. The topological polar surface area (TPSA) is 73.9 Å². The number of ether oxygens (including phenoxy) is 3. The predicted molar refractivity (Wildman–Crippen MR) is 95.8 cm³/mol. The van der Waals surface area contributed by atoms with Gasteiger partial charge in [-0.25, -0.2) is 4.79 Å². The van der Waals surface area contributed by atoms with Crippen molar-refractivity contribution in [3.8, 4) is 11.5 Å². The molecule has 0 saturated heterocycles. The Morgan fingerprint density at radius 3 is 2.44 bits per heavy atom. The Balaban J connectivity index is 1.85. The number of esters is 1. The maximum absolute atomic E-state index is 11.9. The molecule has 6 nitrogen and oxygen atoms in total. The Bertz CT molecular complexity index is 763. The standard InChI is InChI=1S/C18H18BrNO5/c1-23-15-8-7-12(9-16(15)24-2)10-20-17(21)11-25-18(22)13-5-3-4-6-14(13)19/h3-9H,10-11H2,1-2H3,(H,20,21). The highest BCUT2D eigenvalue weighted by Crippen LogP contribution is 2.27. The summed E-state index contributed by atoms with van der Waals surface area (Å²) in [5.74, 6) is 0.235. The van der Waals surface area contributed by atoms with Gasteiger partial charge in [0.1, 0.15) is 0 Å². The maximum Gasteiger partial charge on any atom is 0.339 e. The van der Waals surface area contributed by atoms with Gasteiger partial charge in [-0.2, -0.15) is 0 Å². The summed E-state index contributed by atoms with van der Waals surface area (Å²) in [4.78, 5) is 23.8. The van der Waals surface area contributed by atoms with Crippen LogP contribution < -0.4 is 14.8 Å². The third-order valence-electron chi connectivity index (χ3n) is 3.37. The first-order valence-electron chi connectivity index (χ1n) is 7.44. The van der Waals surface area contributed by atoms with Crippen LogP contribution in [0.25, 0.3) is 0 Å². The quantitative estimate of drug-likeness (QED) is 0.714. The summed E-state index contributed by atoms with van der Waals surface area (Å²) in [6.45, 7) is -0.0702. The molecule has 1 N–H and O–H groups in total. The van der Waals surface area contributed by atoms with Gasteiger partial charge >= 0.3 is 5.97 Å². The number of hydrogen-bond acceptors (Lipinski definition) is 5. The second kappa shape index (κ2) is 9.08. The van der Waals surface area contributed by atoms with E-state index in [1.807, 2.05) is 6.07 Å². The fourth-order valence-electron chi connectivity index (χ4n) is 2.08. The highest BCUT2D eigenvalue weighted by molar-refractivity contribution is 9.10. The molecule has 25 heavy (non-hydrogen) atoms. The molecule has 0 spiro atoms. The summed E-state index contributed by atoms with van der Waals surface area (Å²) in [5, 5.41) is 2.68. The minimum absolute atomic E-state index is 0.284. The van der Waals surface area contributed by atoms with Crippen LogP contribution in [0.5, 0.6) is 11.5 Å². The van der Waals surface area contributed by atoms with Crippen LogP contribution in [0.4, 0.5) is 0 Å². The molecule has 2 aromatic carbocycles. The molecule has 2 rings (SSSR count). The van der Waals surface area contributed by atoms with Crippen molar-refractivity contribution in [2.45, 2.75) is 6.54 Å². The Hall–Kier alpha value is -2.54. The SMILES string of the molecule is COc1ccc(CNC(=O)COC(=O)c2ccccc2Br)cc1OC. The number of hydrogen-bond donors (Lipinski definition) is 1. The lowest BCUT2D eigenvalue weighted by Gasteiger charge is -2.10. The van der Waals surface area contributed by atoms with Crippen molar-refractivity contribution in [1.82, 2.24) is 5.32 Å². The highest BCUT2D eigenvalue weighted by Gasteiger charge is 2.13. The van der Waals surface area contributed by atoms with Gasteiger partial charge in [-0.3, -0.25) is 4.79 Å². The van der Waals surface area contributed by atoms with Gasteiger partial charge in [-0.1, -0.05) is 18.2 Å². The number of carbonyl (C=O) groups excluding carboxylic acids is 2. The minimum atomic E-state index is -0.561. The molecule has 0 aliphatic rings. The first-order valence-corrected chi connectivity index (χ1v) is 8.23. The van der Waals surface area contributed by atoms with E-state index in [2.05, 4.69) is 21.2 Å². The van der Waals surface area contributed by atoms with Crippen molar-refractivity contribution in [1.29, 1.82) is 0 Å². The molecule has 0 bridgehead atoms. The van der Waals surface area contributed by atoms with Crippen LogP contribution in [-0.4, -0.2) is 32.7 Å². The third kappa shape index (κ3) is 5.22. The van der Waals surface area contributed by atoms with Gasteiger partial charge in [0.15, 0.2) is 18.1 Å². The van der Waals surface area contributed by atoms with Crippen LogP contribution in [0.1, 0.15) is 15.9 Å². The average Bonchev–Trinajstić information content (AvgIpc) is 2.64. The molecule has 2 aromatic rings. The zero-order valence-electron chi connectivity index (χ0n) is 13.9. The Morgan fingerprint density at radius 2 is 1.76 bits per heavy atom. The molecule has 0 atom stereocenters. The minimum Gasteiger partial charge on any atom is -0.493 e. The van der Waals surface area contributed by atoms with Crippen LogP contribution in [-0.2, 0) is 16.1 Å². The Labute approximate surface area is 154 Å². The first-order chi connectivity index (χ1) is 12.0. The molecule has 7 heteroatoms. The highest BCUT2D eigenvalue weighted by atomic mass is 79.9. The molecule has 1 amide bonds. The van der Waals surface area contributed by atoms with Gasteiger partial charge in [0.25, 0.3) is 5.91 Å². The zero-order chi connectivity index (χ0) is 18.2. The molecule has 0 radical (unpaired) electrons. The number of methoxy groups -OCH3 is 2. The molecule has 0 aliphatic carbocycles. The van der Waals surface area contributed by atoms with Gasteiger partial charge < -0.3 is 19.5 Å². The molecule has 0 saturated carbocycles. The van der Waals surface area contributed by atoms with E-state index in [-0.39, 0.29) is 13.2 Å². The third-order valence-corrected chi connectivity index (χ3v) is 4.06. The van der Waals surface area contributed by atoms with Crippen LogP contribution >= 0.6 is 15.9 Å². The van der Waals surface area contributed by atoms with Gasteiger partial charge in [0.2, 0.25) is 0 Å². The summed E-state index contributed by atoms with van der Waals surface area (Å²) in [5.41, 5.74) is 1.21. The van der Waals surface area contributed by atoms with E-state index in [0.29, 0.717) is 21.5 Å². The molecular weight excluding hydrogens is 390 g/mol. The Morgan fingerprint density at radius 1 is 1.04 bits per heavy atom. The smallest absolute Gasteiger partial charge is 0.339 e.